The van der Waals surface area contributed by atoms with Crippen molar-refractivity contribution in [3.63, 3.8) is 0 Å². The highest BCUT2D eigenvalue weighted by atomic mass is 16.5. The molecule has 0 saturated carbocycles. The van der Waals surface area contributed by atoms with Crippen LogP contribution in [0.15, 0.2) is 73.1 Å². The zero-order valence-electron chi connectivity index (χ0n) is 21.2. The predicted molar refractivity (Wildman–Crippen MR) is 146 cm³/mol. The third-order valence-corrected chi connectivity index (χ3v) is 6.17. The third kappa shape index (κ3) is 4.73. The molecule has 5 rings (SSSR count). The smallest absolute Gasteiger partial charge is 0.226 e. The fourth-order valence-corrected chi connectivity index (χ4v) is 4.28. The summed E-state index contributed by atoms with van der Waals surface area (Å²) < 4.78 is 7.96. The average Bonchev–Trinajstić information content (AvgIpc) is 3.18. The van der Waals surface area contributed by atoms with Crippen molar-refractivity contribution in [2.45, 2.75) is 20.8 Å². The van der Waals surface area contributed by atoms with Crippen molar-refractivity contribution in [3.05, 3.63) is 78.8 Å². The molecular formula is C29H28N6O2. The lowest BCUT2D eigenvalue weighted by Gasteiger charge is -2.12. The number of carbonyl (C=O) groups excluding carboxylic acids is 1. The molecule has 37 heavy (non-hydrogen) atoms. The molecule has 0 fully saturated rings. The van der Waals surface area contributed by atoms with Crippen LogP contribution in [0.1, 0.15) is 19.5 Å². The molecule has 3 aromatic heterocycles. The van der Waals surface area contributed by atoms with Gasteiger partial charge in [-0.1, -0.05) is 44.2 Å². The van der Waals surface area contributed by atoms with E-state index >= 15 is 0 Å². The summed E-state index contributed by atoms with van der Waals surface area (Å²) in [6, 6.07) is 21.2. The van der Waals surface area contributed by atoms with Crippen molar-refractivity contribution in [3.8, 4) is 34.0 Å². The van der Waals surface area contributed by atoms with Crippen LogP contribution in [0.5, 0.6) is 11.6 Å². The lowest BCUT2D eigenvalue weighted by molar-refractivity contribution is -0.118. The number of carbonyl (C=O) groups is 1. The van der Waals surface area contributed by atoms with Gasteiger partial charge in [0.25, 0.3) is 0 Å². The van der Waals surface area contributed by atoms with Gasteiger partial charge >= 0.3 is 0 Å². The van der Waals surface area contributed by atoms with Crippen molar-refractivity contribution < 1.29 is 9.53 Å². The highest BCUT2D eigenvalue weighted by Crippen LogP contribution is 2.42. The van der Waals surface area contributed by atoms with E-state index in [4.69, 9.17) is 10.5 Å². The van der Waals surface area contributed by atoms with Crippen molar-refractivity contribution in [2.24, 2.45) is 13.0 Å². The first-order chi connectivity index (χ1) is 17.8. The Kier molecular flexibility index (Phi) is 6.31. The molecule has 8 nitrogen and oxygen atoms in total. The maximum absolute atomic E-state index is 12.1. The molecule has 0 atom stereocenters. The summed E-state index contributed by atoms with van der Waals surface area (Å²) in [5, 5.41) is 3.72. The second-order valence-corrected chi connectivity index (χ2v) is 9.21. The molecule has 0 bridgehead atoms. The van der Waals surface area contributed by atoms with E-state index in [-0.39, 0.29) is 11.8 Å². The zero-order chi connectivity index (χ0) is 26.1. The molecule has 0 unspecified atom stereocenters. The van der Waals surface area contributed by atoms with E-state index < -0.39 is 0 Å². The molecule has 0 aliphatic carbocycles. The maximum Gasteiger partial charge on any atom is 0.226 e. The number of rotatable bonds is 6. The van der Waals surface area contributed by atoms with E-state index in [9.17, 15) is 4.79 Å². The van der Waals surface area contributed by atoms with Gasteiger partial charge < -0.3 is 20.4 Å². The molecule has 0 saturated heterocycles. The summed E-state index contributed by atoms with van der Waals surface area (Å²) in [7, 11) is 1.96. The van der Waals surface area contributed by atoms with Gasteiger partial charge in [-0.15, -0.1) is 0 Å². The van der Waals surface area contributed by atoms with Gasteiger partial charge in [-0.25, -0.2) is 15.0 Å². The van der Waals surface area contributed by atoms with Crippen LogP contribution in [-0.2, 0) is 11.8 Å². The first-order valence-corrected chi connectivity index (χ1v) is 12.0. The van der Waals surface area contributed by atoms with Crippen molar-refractivity contribution in [1.29, 1.82) is 0 Å². The van der Waals surface area contributed by atoms with E-state index in [1.807, 2.05) is 99.1 Å². The summed E-state index contributed by atoms with van der Waals surface area (Å²) >= 11 is 0. The molecule has 8 heteroatoms. The number of nitrogens with zero attached hydrogens (tertiary/aromatic N) is 4. The third-order valence-electron chi connectivity index (χ3n) is 6.17. The predicted octanol–water partition coefficient (Wildman–Crippen LogP) is 5.97. The Morgan fingerprint density at radius 3 is 2.35 bits per heavy atom. The molecule has 0 radical (unpaired) electrons. The minimum atomic E-state index is -0.0975. The van der Waals surface area contributed by atoms with Crippen LogP contribution in [0.2, 0.25) is 0 Å². The number of nitrogen functional groups attached to an aromatic ring is 1. The monoisotopic (exact) mass is 492 g/mol. The average molecular weight is 493 g/mol. The Hall–Kier alpha value is -4.72. The summed E-state index contributed by atoms with van der Waals surface area (Å²) in [4.78, 5) is 25.3. The Balaban J connectivity index is 1.57. The summed E-state index contributed by atoms with van der Waals surface area (Å²) in [6.07, 6.45) is 1.47. The highest BCUT2D eigenvalue weighted by molar-refractivity contribution is 6.07. The van der Waals surface area contributed by atoms with Gasteiger partial charge in [0.05, 0.1) is 11.1 Å². The van der Waals surface area contributed by atoms with E-state index in [2.05, 4.69) is 20.3 Å². The van der Waals surface area contributed by atoms with Crippen LogP contribution in [0, 0.1) is 12.8 Å². The summed E-state index contributed by atoms with van der Waals surface area (Å²) in [5.41, 5.74) is 12.5. The number of nitrogens with two attached hydrogens (primary N) is 1. The fraction of sp³-hybridized carbons (Fsp3) is 0.172. The van der Waals surface area contributed by atoms with Gasteiger partial charge in [-0.2, -0.15) is 0 Å². The number of benzene rings is 2. The summed E-state index contributed by atoms with van der Waals surface area (Å²) in [6.45, 7) is 5.66. The van der Waals surface area contributed by atoms with Crippen LogP contribution in [0.3, 0.4) is 0 Å². The fourth-order valence-electron chi connectivity index (χ4n) is 4.28. The molecule has 3 N–H and O–H groups in total. The molecule has 5 aromatic rings. The molecule has 186 valence electrons. The van der Waals surface area contributed by atoms with E-state index in [1.54, 1.807) is 0 Å². The number of nitrogens with one attached hydrogen (secondary N) is 1. The lowest BCUT2D eigenvalue weighted by atomic mass is 9.98. The van der Waals surface area contributed by atoms with E-state index in [0.29, 0.717) is 17.4 Å². The first kappa shape index (κ1) is 24.0. The van der Waals surface area contributed by atoms with Gasteiger partial charge in [0, 0.05) is 36.0 Å². The Morgan fingerprint density at radius 2 is 1.68 bits per heavy atom. The number of ether oxygens (including phenoxy) is 1. The summed E-state index contributed by atoms with van der Waals surface area (Å²) in [5.74, 6) is 1.51. The SMILES string of the molecule is Cc1cccc(Oc2ccc(-c3c(-c4ccc(NC(=O)C(C)C)cc4)n(C)c4ncnc(N)c34)cc2)n1. The Morgan fingerprint density at radius 1 is 0.973 bits per heavy atom. The van der Waals surface area contributed by atoms with Crippen LogP contribution in [0.4, 0.5) is 11.5 Å². The van der Waals surface area contributed by atoms with Gasteiger partial charge in [0.15, 0.2) is 0 Å². The minimum Gasteiger partial charge on any atom is -0.439 e. The normalized spacial score (nSPS) is 11.2. The van der Waals surface area contributed by atoms with Crippen molar-refractivity contribution >= 4 is 28.4 Å². The number of fused-ring (bicyclic) bond motifs is 1. The highest BCUT2D eigenvalue weighted by Gasteiger charge is 2.22. The minimum absolute atomic E-state index is 0.0238. The molecule has 2 aromatic carbocycles. The first-order valence-electron chi connectivity index (χ1n) is 12.0. The van der Waals surface area contributed by atoms with Crippen molar-refractivity contribution in [1.82, 2.24) is 19.5 Å². The zero-order valence-corrected chi connectivity index (χ0v) is 21.2. The largest absolute Gasteiger partial charge is 0.439 e. The van der Waals surface area contributed by atoms with Gasteiger partial charge in [-0.05, 0) is 48.4 Å². The molecule has 3 heterocycles. The number of amides is 1. The van der Waals surface area contributed by atoms with E-state index in [1.165, 1.54) is 6.33 Å². The van der Waals surface area contributed by atoms with Crippen LogP contribution >= 0.6 is 0 Å². The Bertz CT molecular complexity index is 1590. The topological polar surface area (TPSA) is 108 Å². The molecule has 0 aliphatic rings. The number of hydrogen-bond donors (Lipinski definition) is 2. The second-order valence-electron chi connectivity index (χ2n) is 9.21. The number of aryl methyl sites for hydroxylation is 2. The molecule has 0 spiro atoms. The Labute approximate surface area is 215 Å². The molecular weight excluding hydrogens is 464 g/mol. The molecule has 1 amide bonds. The van der Waals surface area contributed by atoms with Crippen LogP contribution < -0.4 is 15.8 Å². The standard InChI is InChI=1S/C29H28N6O2/c1-17(2)29(36)34-21-12-8-20(9-13-21)26-24(25-27(30)31-16-32-28(25)35(26)4)19-10-14-22(15-11-19)37-23-7-5-6-18(3)33-23/h5-17H,1-4H3,(H,34,36)(H2,30,31,32). The number of anilines is 2. The van der Waals surface area contributed by atoms with Gasteiger partial charge in [-0.3, -0.25) is 4.79 Å². The van der Waals surface area contributed by atoms with Gasteiger partial charge in [0.1, 0.15) is 23.5 Å². The van der Waals surface area contributed by atoms with E-state index in [0.717, 1.165) is 44.8 Å². The second kappa shape index (κ2) is 9.73. The van der Waals surface area contributed by atoms with Crippen LogP contribution in [0.25, 0.3) is 33.4 Å². The van der Waals surface area contributed by atoms with Gasteiger partial charge in [0.2, 0.25) is 11.8 Å². The maximum atomic E-state index is 12.1. The lowest BCUT2D eigenvalue weighted by Crippen LogP contribution is -2.17. The number of aromatic nitrogens is 4. The number of pyridine rings is 1. The quantitative estimate of drug-likeness (QED) is 0.302. The number of hydrogen-bond acceptors (Lipinski definition) is 6. The van der Waals surface area contributed by atoms with Crippen molar-refractivity contribution in [2.75, 3.05) is 11.1 Å². The van der Waals surface area contributed by atoms with Crippen LogP contribution in [-0.4, -0.2) is 25.4 Å². The molecule has 0 aliphatic heterocycles.